The summed E-state index contributed by atoms with van der Waals surface area (Å²) in [6, 6.07) is 9.85. The normalized spacial score (nSPS) is 10.2. The molecule has 0 aliphatic heterocycles. The number of hydrogen-bond acceptors (Lipinski definition) is 5. The lowest BCUT2D eigenvalue weighted by Crippen LogP contribution is -2.10. The minimum Gasteiger partial charge on any atom is -0.370 e. The number of nitrogens with zero attached hydrogens (tertiary/aromatic N) is 1. The van der Waals surface area contributed by atoms with Gasteiger partial charge in [0.25, 0.3) is 0 Å². The molecule has 0 bridgehead atoms. The van der Waals surface area contributed by atoms with Gasteiger partial charge < -0.3 is 10.7 Å². The summed E-state index contributed by atoms with van der Waals surface area (Å²) in [5.74, 6) is 6.79. The summed E-state index contributed by atoms with van der Waals surface area (Å²) in [5, 5.41) is 3.26. The maximum Gasteiger partial charge on any atom is 0.142 e. The van der Waals surface area contributed by atoms with Crippen molar-refractivity contribution in [2.75, 3.05) is 17.3 Å². The van der Waals surface area contributed by atoms with Crippen LogP contribution in [0.5, 0.6) is 0 Å². The predicted molar refractivity (Wildman–Crippen MR) is 76.3 cm³/mol. The number of hydrogen-bond donors (Lipinski definition) is 3. The van der Waals surface area contributed by atoms with Gasteiger partial charge in [-0.15, -0.1) is 11.3 Å². The van der Waals surface area contributed by atoms with Crippen molar-refractivity contribution >= 4 is 38.9 Å². The smallest absolute Gasteiger partial charge is 0.142 e. The molecule has 0 spiro atoms. The van der Waals surface area contributed by atoms with Crippen LogP contribution in [-0.2, 0) is 6.42 Å². The molecule has 0 aliphatic rings. The molecule has 0 atom stereocenters. The van der Waals surface area contributed by atoms with Crippen LogP contribution in [0.4, 0.5) is 11.6 Å². The Bertz CT molecular complexity index is 486. The van der Waals surface area contributed by atoms with Gasteiger partial charge in [-0.05, 0) is 46.6 Å². The van der Waals surface area contributed by atoms with E-state index < -0.39 is 0 Å². The molecule has 0 radical (unpaired) electrons. The predicted octanol–water partition coefficient (Wildman–Crippen LogP) is 2.85. The molecule has 0 aliphatic carbocycles. The fourth-order valence-corrected chi connectivity index (χ4v) is 2.90. The van der Waals surface area contributed by atoms with Gasteiger partial charge in [-0.2, -0.15) is 0 Å². The summed E-state index contributed by atoms with van der Waals surface area (Å²) in [7, 11) is 0. The number of nitrogens with one attached hydrogen (secondary N) is 2. The van der Waals surface area contributed by atoms with Crippen LogP contribution in [0.3, 0.4) is 0 Å². The highest BCUT2D eigenvalue weighted by molar-refractivity contribution is 9.11. The summed E-state index contributed by atoms with van der Waals surface area (Å²) in [6.07, 6.45) is 0.984. The number of pyridine rings is 1. The van der Waals surface area contributed by atoms with Crippen LogP contribution in [0.1, 0.15) is 4.88 Å². The van der Waals surface area contributed by atoms with E-state index in [-0.39, 0.29) is 0 Å². The molecule has 0 aromatic carbocycles. The lowest BCUT2D eigenvalue weighted by molar-refractivity contribution is 1.03. The molecule has 17 heavy (non-hydrogen) atoms. The van der Waals surface area contributed by atoms with Crippen molar-refractivity contribution in [3.8, 4) is 0 Å². The molecule has 0 unspecified atom stereocenters. The maximum absolute atomic E-state index is 5.30. The first kappa shape index (κ1) is 12.3. The molecule has 90 valence electrons. The number of nitrogens with two attached hydrogens (primary N) is 1. The zero-order chi connectivity index (χ0) is 12.1. The molecule has 2 rings (SSSR count). The largest absolute Gasteiger partial charge is 0.370 e. The third-order valence-corrected chi connectivity index (χ3v) is 3.89. The highest BCUT2D eigenvalue weighted by Crippen LogP contribution is 2.22. The number of aromatic nitrogens is 1. The van der Waals surface area contributed by atoms with Gasteiger partial charge in [0.1, 0.15) is 11.6 Å². The number of halogens is 1. The monoisotopic (exact) mass is 312 g/mol. The Morgan fingerprint density at radius 2 is 2.06 bits per heavy atom. The molecule has 2 aromatic rings. The van der Waals surface area contributed by atoms with Crippen LogP contribution in [-0.4, -0.2) is 11.5 Å². The number of nitrogen functional groups attached to an aromatic ring is 1. The van der Waals surface area contributed by atoms with Crippen LogP contribution >= 0.6 is 27.3 Å². The fraction of sp³-hybridized carbons (Fsp3) is 0.182. The highest BCUT2D eigenvalue weighted by Gasteiger charge is 1.99. The Balaban J connectivity index is 1.85. The Labute approximate surface area is 112 Å². The average molecular weight is 313 g/mol. The van der Waals surface area contributed by atoms with Crippen molar-refractivity contribution in [2.24, 2.45) is 5.84 Å². The van der Waals surface area contributed by atoms with Crippen LogP contribution < -0.4 is 16.6 Å². The second-order valence-corrected chi connectivity index (χ2v) is 5.98. The third kappa shape index (κ3) is 3.69. The average Bonchev–Trinajstić information content (AvgIpc) is 2.75. The van der Waals surface area contributed by atoms with Gasteiger partial charge in [0.05, 0.1) is 3.79 Å². The van der Waals surface area contributed by atoms with Gasteiger partial charge in [0.15, 0.2) is 0 Å². The Kier molecular flexibility index (Phi) is 4.36. The molecule has 6 heteroatoms. The SMILES string of the molecule is NNc1cccc(NCCc2ccc(Br)s2)n1. The van der Waals surface area contributed by atoms with Gasteiger partial charge in [-0.3, -0.25) is 0 Å². The molecular formula is C11H13BrN4S. The molecule has 0 saturated carbocycles. The molecule has 0 amide bonds. The Morgan fingerprint density at radius 1 is 1.24 bits per heavy atom. The topological polar surface area (TPSA) is 63.0 Å². The molecule has 4 nitrogen and oxygen atoms in total. The van der Waals surface area contributed by atoms with E-state index in [2.05, 4.69) is 43.8 Å². The zero-order valence-corrected chi connectivity index (χ0v) is 11.5. The summed E-state index contributed by atoms with van der Waals surface area (Å²) in [5.41, 5.74) is 2.52. The molecule has 4 N–H and O–H groups in total. The van der Waals surface area contributed by atoms with Crippen LogP contribution in [0, 0.1) is 0 Å². The number of anilines is 2. The summed E-state index contributed by atoms with van der Waals surface area (Å²) >= 11 is 5.21. The van der Waals surface area contributed by atoms with E-state index in [9.17, 15) is 0 Å². The van der Waals surface area contributed by atoms with Crippen LogP contribution in [0.15, 0.2) is 34.1 Å². The zero-order valence-electron chi connectivity index (χ0n) is 9.11. The molecule has 0 fully saturated rings. The summed E-state index contributed by atoms with van der Waals surface area (Å²) < 4.78 is 1.17. The van der Waals surface area contributed by atoms with E-state index in [0.717, 1.165) is 18.8 Å². The van der Waals surface area contributed by atoms with E-state index in [1.54, 1.807) is 11.3 Å². The minimum absolute atomic E-state index is 0.661. The standard InChI is InChI=1S/C11H13BrN4S/c12-9-5-4-8(17-9)6-7-14-10-2-1-3-11(15-10)16-13/h1-5H,6-7,13H2,(H2,14,15,16). The first-order valence-corrected chi connectivity index (χ1v) is 6.80. The second-order valence-electron chi connectivity index (χ2n) is 3.44. The van der Waals surface area contributed by atoms with Gasteiger partial charge in [0, 0.05) is 11.4 Å². The lowest BCUT2D eigenvalue weighted by atomic mass is 10.3. The summed E-state index contributed by atoms with van der Waals surface area (Å²) in [4.78, 5) is 5.62. The van der Waals surface area contributed by atoms with Crippen molar-refractivity contribution in [3.63, 3.8) is 0 Å². The van der Waals surface area contributed by atoms with E-state index >= 15 is 0 Å². The Morgan fingerprint density at radius 3 is 2.76 bits per heavy atom. The van der Waals surface area contributed by atoms with Gasteiger partial charge >= 0.3 is 0 Å². The van der Waals surface area contributed by atoms with E-state index in [1.807, 2.05) is 18.2 Å². The maximum atomic E-state index is 5.30. The molecule has 2 aromatic heterocycles. The van der Waals surface area contributed by atoms with E-state index in [1.165, 1.54) is 8.66 Å². The fourth-order valence-electron chi connectivity index (χ4n) is 1.41. The van der Waals surface area contributed by atoms with Crippen molar-refractivity contribution in [3.05, 3.63) is 39.0 Å². The molecular weight excluding hydrogens is 300 g/mol. The van der Waals surface area contributed by atoms with E-state index in [4.69, 9.17) is 5.84 Å². The van der Waals surface area contributed by atoms with E-state index in [0.29, 0.717) is 5.82 Å². The van der Waals surface area contributed by atoms with Crippen molar-refractivity contribution in [1.29, 1.82) is 0 Å². The van der Waals surface area contributed by atoms with Gasteiger partial charge in [-0.25, -0.2) is 10.8 Å². The third-order valence-electron chi connectivity index (χ3n) is 2.20. The van der Waals surface area contributed by atoms with Gasteiger partial charge in [-0.1, -0.05) is 6.07 Å². The number of rotatable bonds is 5. The minimum atomic E-state index is 0.661. The molecule has 0 saturated heterocycles. The highest BCUT2D eigenvalue weighted by atomic mass is 79.9. The van der Waals surface area contributed by atoms with Crippen molar-refractivity contribution in [2.45, 2.75) is 6.42 Å². The molecule has 2 heterocycles. The van der Waals surface area contributed by atoms with Gasteiger partial charge in [0.2, 0.25) is 0 Å². The quantitative estimate of drug-likeness (QED) is 0.587. The first-order valence-electron chi connectivity index (χ1n) is 5.19. The van der Waals surface area contributed by atoms with Crippen LogP contribution in [0.2, 0.25) is 0 Å². The van der Waals surface area contributed by atoms with Crippen molar-refractivity contribution < 1.29 is 0 Å². The first-order chi connectivity index (χ1) is 8.28. The number of thiophene rings is 1. The summed E-state index contributed by atoms with van der Waals surface area (Å²) in [6.45, 7) is 0.855. The number of hydrazine groups is 1. The Hall–Kier alpha value is -1.11. The van der Waals surface area contributed by atoms with Crippen molar-refractivity contribution in [1.82, 2.24) is 4.98 Å². The second kappa shape index (κ2) is 6.00. The lowest BCUT2D eigenvalue weighted by Gasteiger charge is -2.06. The van der Waals surface area contributed by atoms with Crippen LogP contribution in [0.25, 0.3) is 0 Å².